The van der Waals surface area contributed by atoms with Crippen LogP contribution in [0.5, 0.6) is 0 Å². The molecule has 17 heavy (non-hydrogen) atoms. The first-order valence-corrected chi connectivity index (χ1v) is 6.36. The van der Waals surface area contributed by atoms with Gasteiger partial charge in [-0.05, 0) is 24.3 Å². The maximum atomic E-state index is 11.9. The Balaban J connectivity index is 2.18. The number of nitrogens with zero attached hydrogens (tertiary/aromatic N) is 1. The first kappa shape index (κ1) is 10.1. The largest absolute Gasteiger partial charge is 0.461 e. The smallest absolute Gasteiger partial charge is 0.286 e. The summed E-state index contributed by atoms with van der Waals surface area (Å²) in [6, 6.07) is 9.93. The number of para-hydroxylation sites is 1. The highest BCUT2D eigenvalue weighted by Crippen LogP contribution is 2.27. The van der Waals surface area contributed by atoms with E-state index in [0.717, 1.165) is 0 Å². The molecule has 2 aromatic rings. The Morgan fingerprint density at radius 2 is 1.94 bits per heavy atom. The third kappa shape index (κ3) is 1.62. The maximum Gasteiger partial charge on any atom is 0.286 e. The van der Waals surface area contributed by atoms with Crippen molar-refractivity contribution >= 4 is 21.5 Å². The molecule has 2 heterocycles. The minimum Gasteiger partial charge on any atom is -0.461 e. The van der Waals surface area contributed by atoms with E-state index in [0.29, 0.717) is 11.4 Å². The van der Waals surface area contributed by atoms with Gasteiger partial charge >= 0.3 is 0 Å². The molecule has 5 nitrogen and oxygen atoms in total. The molecule has 1 aliphatic rings. The second-order valence-electron chi connectivity index (χ2n) is 3.51. The van der Waals surface area contributed by atoms with E-state index in [2.05, 4.69) is 9.71 Å². The number of sulfonamides is 1. The summed E-state index contributed by atoms with van der Waals surface area (Å²) in [5.74, 6) is 0.594. The lowest BCUT2D eigenvalue weighted by Crippen LogP contribution is -2.21. The van der Waals surface area contributed by atoms with Crippen molar-refractivity contribution in [2.24, 2.45) is 4.40 Å². The summed E-state index contributed by atoms with van der Waals surface area (Å²) in [7, 11) is -3.65. The normalized spacial score (nSPS) is 16.8. The van der Waals surface area contributed by atoms with E-state index in [-0.39, 0.29) is 10.7 Å². The zero-order valence-electron chi connectivity index (χ0n) is 8.62. The third-order valence-corrected chi connectivity index (χ3v) is 3.72. The summed E-state index contributed by atoms with van der Waals surface area (Å²) in [5.41, 5.74) is 0.508. The van der Waals surface area contributed by atoms with Crippen LogP contribution in [0.25, 0.3) is 0 Å². The Morgan fingerprint density at radius 1 is 1.12 bits per heavy atom. The van der Waals surface area contributed by atoms with Gasteiger partial charge in [-0.1, -0.05) is 12.1 Å². The quantitative estimate of drug-likeness (QED) is 0.835. The molecule has 6 heteroatoms. The van der Waals surface area contributed by atoms with Crippen molar-refractivity contribution in [3.05, 3.63) is 48.4 Å². The van der Waals surface area contributed by atoms with Gasteiger partial charge in [0, 0.05) is 0 Å². The molecule has 0 saturated heterocycles. The second-order valence-corrected chi connectivity index (χ2v) is 5.09. The van der Waals surface area contributed by atoms with Gasteiger partial charge in [-0.3, -0.25) is 0 Å². The van der Waals surface area contributed by atoms with Crippen LogP contribution in [0.4, 0.5) is 5.69 Å². The summed E-state index contributed by atoms with van der Waals surface area (Å²) in [5, 5.41) is 2.93. The van der Waals surface area contributed by atoms with E-state index < -0.39 is 10.0 Å². The van der Waals surface area contributed by atoms with Crippen LogP contribution in [-0.4, -0.2) is 14.3 Å². The lowest BCUT2D eigenvalue weighted by Gasteiger charge is -2.16. The van der Waals surface area contributed by atoms with Crippen molar-refractivity contribution in [1.29, 1.82) is 0 Å². The predicted molar refractivity (Wildman–Crippen MR) is 62.5 cm³/mol. The zero-order chi connectivity index (χ0) is 11.9. The standard InChI is InChI=1S/C11H8N2O3S/c14-17(15)10-6-2-1-4-8(10)12-11(13-17)9-5-3-7-16-9/h1-7H,(H,12,13). The summed E-state index contributed by atoms with van der Waals surface area (Å²) in [6.07, 6.45) is 1.46. The number of hydrogen-bond acceptors (Lipinski definition) is 4. The molecule has 0 spiro atoms. The average Bonchev–Trinajstić information content (AvgIpc) is 2.81. The Bertz CT molecular complexity index is 687. The molecule has 0 saturated carbocycles. The number of benzene rings is 1. The number of furan rings is 1. The molecule has 0 bridgehead atoms. The van der Waals surface area contributed by atoms with Crippen LogP contribution in [0.2, 0.25) is 0 Å². The van der Waals surface area contributed by atoms with E-state index in [1.54, 1.807) is 30.3 Å². The third-order valence-electron chi connectivity index (χ3n) is 2.38. The highest BCUT2D eigenvalue weighted by molar-refractivity contribution is 7.90. The monoisotopic (exact) mass is 248 g/mol. The van der Waals surface area contributed by atoms with Crippen LogP contribution in [-0.2, 0) is 10.0 Å². The van der Waals surface area contributed by atoms with E-state index >= 15 is 0 Å². The summed E-state index contributed by atoms with van der Waals surface area (Å²) in [6.45, 7) is 0. The molecule has 0 amide bonds. The Morgan fingerprint density at radius 3 is 2.71 bits per heavy atom. The number of rotatable bonds is 1. The number of fused-ring (bicyclic) bond motifs is 1. The van der Waals surface area contributed by atoms with Gasteiger partial charge in [0.2, 0.25) is 0 Å². The van der Waals surface area contributed by atoms with Crippen LogP contribution in [0.3, 0.4) is 0 Å². The minimum atomic E-state index is -3.65. The van der Waals surface area contributed by atoms with Crippen molar-refractivity contribution in [3.63, 3.8) is 0 Å². The Kier molecular flexibility index (Phi) is 2.05. The van der Waals surface area contributed by atoms with Crippen LogP contribution in [0.15, 0.2) is 56.4 Å². The minimum absolute atomic E-state index is 0.176. The zero-order valence-corrected chi connectivity index (χ0v) is 9.44. The maximum absolute atomic E-state index is 11.9. The molecule has 1 N–H and O–H groups in total. The van der Waals surface area contributed by atoms with Crippen molar-refractivity contribution in [1.82, 2.24) is 0 Å². The first-order chi connectivity index (χ1) is 8.17. The fourth-order valence-corrected chi connectivity index (χ4v) is 2.76. The molecular formula is C11H8N2O3S. The molecule has 0 atom stereocenters. The summed E-state index contributed by atoms with van der Waals surface area (Å²) < 4.78 is 32.6. The number of anilines is 1. The van der Waals surface area contributed by atoms with Crippen molar-refractivity contribution in [3.8, 4) is 0 Å². The van der Waals surface area contributed by atoms with E-state index in [4.69, 9.17) is 4.42 Å². The molecule has 0 aliphatic carbocycles. The molecule has 0 fully saturated rings. The van der Waals surface area contributed by atoms with Gasteiger partial charge in [0.05, 0.1) is 12.0 Å². The van der Waals surface area contributed by atoms with Crippen molar-refractivity contribution in [2.75, 3.05) is 5.32 Å². The lowest BCUT2D eigenvalue weighted by atomic mass is 10.3. The highest BCUT2D eigenvalue weighted by atomic mass is 32.2. The van der Waals surface area contributed by atoms with Gasteiger partial charge in [-0.25, -0.2) is 0 Å². The molecule has 1 aromatic carbocycles. The molecular weight excluding hydrogens is 240 g/mol. The number of hydrogen-bond donors (Lipinski definition) is 1. The van der Waals surface area contributed by atoms with E-state index in [1.807, 2.05) is 0 Å². The van der Waals surface area contributed by atoms with Gasteiger partial charge in [-0.2, -0.15) is 8.42 Å². The predicted octanol–water partition coefficient (Wildman–Crippen LogP) is 1.84. The highest BCUT2D eigenvalue weighted by Gasteiger charge is 2.25. The Labute approximate surface area is 97.8 Å². The van der Waals surface area contributed by atoms with Crippen LogP contribution >= 0.6 is 0 Å². The van der Waals surface area contributed by atoms with E-state index in [1.165, 1.54) is 12.3 Å². The van der Waals surface area contributed by atoms with Crippen LogP contribution in [0, 0.1) is 0 Å². The number of nitrogens with one attached hydrogen (secondary N) is 1. The fraction of sp³-hybridized carbons (Fsp3) is 0. The van der Waals surface area contributed by atoms with Crippen LogP contribution < -0.4 is 5.32 Å². The average molecular weight is 248 g/mol. The van der Waals surface area contributed by atoms with Gasteiger partial charge in [0.25, 0.3) is 10.0 Å². The SMILES string of the molecule is O=S1(=O)N=C(c2ccco2)Nc2ccccc21. The Hall–Kier alpha value is -2.08. The fourth-order valence-electron chi connectivity index (χ4n) is 1.63. The summed E-state index contributed by atoms with van der Waals surface area (Å²) >= 11 is 0. The molecule has 0 radical (unpaired) electrons. The molecule has 3 rings (SSSR count). The van der Waals surface area contributed by atoms with Crippen molar-refractivity contribution < 1.29 is 12.8 Å². The van der Waals surface area contributed by atoms with Crippen LogP contribution in [0.1, 0.15) is 5.76 Å². The molecule has 0 unspecified atom stereocenters. The topological polar surface area (TPSA) is 71.7 Å². The van der Waals surface area contributed by atoms with Gasteiger partial charge < -0.3 is 9.73 Å². The van der Waals surface area contributed by atoms with Gasteiger partial charge in [0.15, 0.2) is 11.6 Å². The van der Waals surface area contributed by atoms with E-state index in [9.17, 15) is 8.42 Å². The molecule has 86 valence electrons. The lowest BCUT2D eigenvalue weighted by molar-refractivity contribution is 0.556. The van der Waals surface area contributed by atoms with Crippen molar-refractivity contribution in [2.45, 2.75) is 4.90 Å². The number of amidine groups is 1. The second kappa shape index (κ2) is 3.46. The van der Waals surface area contributed by atoms with Gasteiger partial charge in [0.1, 0.15) is 4.90 Å². The first-order valence-electron chi connectivity index (χ1n) is 4.92. The molecule has 1 aliphatic heterocycles. The molecule has 1 aromatic heterocycles. The summed E-state index contributed by atoms with van der Waals surface area (Å²) in [4.78, 5) is 0.176. The van der Waals surface area contributed by atoms with Gasteiger partial charge in [-0.15, -0.1) is 4.40 Å².